The molecule has 23 heavy (non-hydrogen) atoms. The second-order valence-corrected chi connectivity index (χ2v) is 4.46. The maximum Gasteiger partial charge on any atom is 0.434 e. The van der Waals surface area contributed by atoms with Crippen molar-refractivity contribution >= 4 is 5.97 Å². The minimum absolute atomic E-state index is 0.0234. The second kappa shape index (κ2) is 6.72. The highest BCUT2D eigenvalue weighted by molar-refractivity contribution is 5.90. The zero-order chi connectivity index (χ0) is 17.0. The molecule has 124 valence electrons. The van der Waals surface area contributed by atoms with Crippen LogP contribution in [0.15, 0.2) is 30.5 Å². The number of benzene rings is 1. The Bertz CT molecular complexity index is 678. The number of halogens is 3. The number of ether oxygens (including phenoxy) is 2. The molecular weight excluding hydrogens is 313 g/mol. The van der Waals surface area contributed by atoms with Gasteiger partial charge in [-0.05, 0) is 38.1 Å². The third-order valence-electron chi connectivity index (χ3n) is 2.93. The molecule has 0 radical (unpaired) electrons. The van der Waals surface area contributed by atoms with Crippen LogP contribution in [0.5, 0.6) is 5.75 Å². The number of aromatic nitrogens is 2. The molecule has 0 N–H and O–H groups in total. The second-order valence-electron chi connectivity index (χ2n) is 4.46. The SMILES string of the molecule is CCOC(=O)c1cnn(-c2ccc(OCC)cc2)c1C(F)(F)F. The Hall–Kier alpha value is -2.51. The predicted octanol–water partition coefficient (Wildman–Crippen LogP) is 3.47. The lowest BCUT2D eigenvalue weighted by Gasteiger charge is -2.12. The molecule has 0 unspecified atom stereocenters. The number of esters is 1. The van der Waals surface area contributed by atoms with Crippen molar-refractivity contribution in [1.82, 2.24) is 9.78 Å². The number of carbonyl (C=O) groups is 1. The summed E-state index contributed by atoms with van der Waals surface area (Å²) in [6, 6.07) is 5.93. The zero-order valence-electron chi connectivity index (χ0n) is 12.6. The lowest BCUT2D eigenvalue weighted by atomic mass is 10.2. The van der Waals surface area contributed by atoms with Crippen molar-refractivity contribution in [1.29, 1.82) is 0 Å². The van der Waals surface area contributed by atoms with Crippen LogP contribution in [0.4, 0.5) is 13.2 Å². The summed E-state index contributed by atoms with van der Waals surface area (Å²) < 4.78 is 50.6. The first-order chi connectivity index (χ1) is 10.9. The van der Waals surface area contributed by atoms with Gasteiger partial charge in [-0.3, -0.25) is 0 Å². The van der Waals surface area contributed by atoms with Crippen LogP contribution in [0, 0.1) is 0 Å². The molecule has 0 atom stereocenters. The van der Waals surface area contributed by atoms with E-state index in [4.69, 9.17) is 4.74 Å². The first-order valence-corrected chi connectivity index (χ1v) is 6.94. The van der Waals surface area contributed by atoms with Crippen LogP contribution in [0.1, 0.15) is 29.9 Å². The summed E-state index contributed by atoms with van der Waals surface area (Å²) in [5.41, 5.74) is -1.62. The lowest BCUT2D eigenvalue weighted by molar-refractivity contribution is -0.143. The maximum absolute atomic E-state index is 13.3. The van der Waals surface area contributed by atoms with E-state index in [9.17, 15) is 18.0 Å². The molecule has 0 saturated carbocycles. The Morgan fingerprint density at radius 3 is 2.35 bits per heavy atom. The molecule has 0 spiro atoms. The number of nitrogens with zero attached hydrogens (tertiary/aromatic N) is 2. The van der Waals surface area contributed by atoms with Gasteiger partial charge in [-0.2, -0.15) is 18.3 Å². The Balaban J connectivity index is 2.48. The molecule has 0 bridgehead atoms. The highest BCUT2D eigenvalue weighted by atomic mass is 19.4. The van der Waals surface area contributed by atoms with Gasteiger partial charge in [0, 0.05) is 0 Å². The van der Waals surface area contributed by atoms with Gasteiger partial charge >= 0.3 is 12.1 Å². The zero-order valence-corrected chi connectivity index (χ0v) is 12.6. The quantitative estimate of drug-likeness (QED) is 0.789. The highest BCUT2D eigenvalue weighted by Crippen LogP contribution is 2.34. The normalized spacial score (nSPS) is 11.3. The van der Waals surface area contributed by atoms with Crippen LogP contribution in [-0.2, 0) is 10.9 Å². The van der Waals surface area contributed by atoms with Crippen molar-refractivity contribution in [2.24, 2.45) is 0 Å². The molecule has 0 fully saturated rings. The van der Waals surface area contributed by atoms with Crippen LogP contribution in [0.25, 0.3) is 5.69 Å². The molecule has 0 aliphatic carbocycles. The van der Waals surface area contributed by atoms with Crippen LogP contribution >= 0.6 is 0 Å². The van der Waals surface area contributed by atoms with E-state index in [-0.39, 0.29) is 12.3 Å². The lowest BCUT2D eigenvalue weighted by Crippen LogP contribution is -2.18. The fourth-order valence-corrected chi connectivity index (χ4v) is 2.03. The van der Waals surface area contributed by atoms with Crippen LogP contribution in [0.2, 0.25) is 0 Å². The third-order valence-corrected chi connectivity index (χ3v) is 2.93. The van der Waals surface area contributed by atoms with Crippen molar-refractivity contribution in [3.05, 3.63) is 41.7 Å². The summed E-state index contributed by atoms with van der Waals surface area (Å²) in [7, 11) is 0. The Morgan fingerprint density at radius 2 is 1.83 bits per heavy atom. The van der Waals surface area contributed by atoms with Crippen LogP contribution in [0.3, 0.4) is 0 Å². The molecule has 0 aliphatic heterocycles. The predicted molar refractivity (Wildman–Crippen MR) is 75.7 cm³/mol. The number of hydrogen-bond acceptors (Lipinski definition) is 4. The van der Waals surface area contributed by atoms with Gasteiger partial charge in [-0.25, -0.2) is 9.48 Å². The number of carbonyl (C=O) groups excluding carboxylic acids is 1. The van der Waals surface area contributed by atoms with E-state index >= 15 is 0 Å². The first-order valence-electron chi connectivity index (χ1n) is 6.94. The molecule has 0 saturated heterocycles. The summed E-state index contributed by atoms with van der Waals surface area (Å²) in [6.45, 7) is 3.74. The van der Waals surface area contributed by atoms with E-state index < -0.39 is 23.4 Å². The number of hydrogen-bond donors (Lipinski definition) is 0. The largest absolute Gasteiger partial charge is 0.494 e. The van der Waals surface area contributed by atoms with Crippen molar-refractivity contribution in [3.8, 4) is 11.4 Å². The highest BCUT2D eigenvalue weighted by Gasteiger charge is 2.41. The monoisotopic (exact) mass is 328 g/mol. The van der Waals surface area contributed by atoms with Crippen molar-refractivity contribution in [2.45, 2.75) is 20.0 Å². The van der Waals surface area contributed by atoms with Gasteiger partial charge in [0.15, 0.2) is 5.69 Å². The molecular formula is C15H15F3N2O3. The van der Waals surface area contributed by atoms with E-state index in [0.29, 0.717) is 17.0 Å². The maximum atomic E-state index is 13.3. The molecule has 0 amide bonds. The van der Waals surface area contributed by atoms with E-state index in [2.05, 4.69) is 9.84 Å². The number of alkyl halides is 3. The minimum atomic E-state index is -4.75. The topological polar surface area (TPSA) is 53.3 Å². The molecule has 1 heterocycles. The van der Waals surface area contributed by atoms with Crippen molar-refractivity contribution in [3.63, 3.8) is 0 Å². The van der Waals surface area contributed by atoms with Gasteiger partial charge in [-0.1, -0.05) is 0 Å². The molecule has 1 aromatic heterocycles. The van der Waals surface area contributed by atoms with Gasteiger partial charge in [0.05, 0.1) is 25.1 Å². The average Bonchev–Trinajstić information content (AvgIpc) is 2.94. The Kier molecular flexibility index (Phi) is 4.92. The Labute approximate surface area is 130 Å². The summed E-state index contributed by atoms with van der Waals surface area (Å²) in [5.74, 6) is -0.528. The smallest absolute Gasteiger partial charge is 0.434 e. The molecule has 5 nitrogen and oxygen atoms in total. The van der Waals surface area contributed by atoms with Crippen LogP contribution in [-0.4, -0.2) is 29.0 Å². The molecule has 0 aliphatic rings. The van der Waals surface area contributed by atoms with E-state index in [1.54, 1.807) is 6.92 Å². The van der Waals surface area contributed by atoms with Gasteiger partial charge < -0.3 is 9.47 Å². The molecule has 2 rings (SSSR count). The van der Waals surface area contributed by atoms with Gasteiger partial charge in [0.1, 0.15) is 11.3 Å². The first kappa shape index (κ1) is 16.9. The third kappa shape index (κ3) is 3.64. The number of rotatable bonds is 5. The average molecular weight is 328 g/mol. The summed E-state index contributed by atoms with van der Waals surface area (Å²) in [4.78, 5) is 11.7. The summed E-state index contributed by atoms with van der Waals surface area (Å²) in [6.07, 6.45) is -3.89. The van der Waals surface area contributed by atoms with Gasteiger partial charge in [0.2, 0.25) is 0 Å². The van der Waals surface area contributed by atoms with E-state index in [0.717, 1.165) is 6.20 Å². The van der Waals surface area contributed by atoms with E-state index in [1.807, 2.05) is 0 Å². The standard InChI is InChI=1S/C15H15F3N2O3/c1-3-22-11-7-5-10(6-8-11)20-13(15(16,17)18)12(9-19-20)14(21)23-4-2/h5-9H,3-4H2,1-2H3. The Morgan fingerprint density at radius 1 is 1.17 bits per heavy atom. The van der Waals surface area contributed by atoms with Crippen molar-refractivity contribution in [2.75, 3.05) is 13.2 Å². The van der Waals surface area contributed by atoms with Crippen LogP contribution < -0.4 is 4.74 Å². The summed E-state index contributed by atoms with van der Waals surface area (Å²) in [5, 5.41) is 3.69. The summed E-state index contributed by atoms with van der Waals surface area (Å²) >= 11 is 0. The molecule has 8 heteroatoms. The molecule has 1 aromatic carbocycles. The molecule has 2 aromatic rings. The van der Waals surface area contributed by atoms with Gasteiger partial charge in [0.25, 0.3) is 0 Å². The van der Waals surface area contributed by atoms with Crippen molar-refractivity contribution < 1.29 is 27.4 Å². The van der Waals surface area contributed by atoms with Gasteiger partial charge in [-0.15, -0.1) is 0 Å². The minimum Gasteiger partial charge on any atom is -0.494 e. The fourth-order valence-electron chi connectivity index (χ4n) is 2.03. The van der Waals surface area contributed by atoms with E-state index in [1.165, 1.54) is 31.2 Å². The fraction of sp³-hybridized carbons (Fsp3) is 0.333.